The maximum atomic E-state index is 6.34. The zero-order chi connectivity index (χ0) is 14.7. The second-order valence-corrected chi connectivity index (χ2v) is 5.97. The molecule has 20 heavy (non-hydrogen) atoms. The molecular formula is C16H17BrClNO. The van der Waals surface area contributed by atoms with Crippen LogP contribution in [0.5, 0.6) is 5.75 Å². The van der Waals surface area contributed by atoms with Crippen molar-refractivity contribution in [1.82, 2.24) is 0 Å². The molecule has 2 aromatic carbocycles. The van der Waals surface area contributed by atoms with Gasteiger partial charge in [0.05, 0.1) is 7.11 Å². The van der Waals surface area contributed by atoms with Crippen LogP contribution in [0.25, 0.3) is 0 Å². The smallest absolute Gasteiger partial charge is 0.122 e. The van der Waals surface area contributed by atoms with Crippen LogP contribution in [0.15, 0.2) is 40.9 Å². The van der Waals surface area contributed by atoms with Crippen molar-refractivity contribution in [2.45, 2.75) is 19.4 Å². The number of rotatable bonds is 4. The molecule has 0 radical (unpaired) electrons. The van der Waals surface area contributed by atoms with E-state index in [9.17, 15) is 0 Å². The topological polar surface area (TPSA) is 35.2 Å². The van der Waals surface area contributed by atoms with Gasteiger partial charge in [0.25, 0.3) is 0 Å². The molecule has 1 atom stereocenters. The molecule has 0 amide bonds. The van der Waals surface area contributed by atoms with Gasteiger partial charge in [0, 0.05) is 15.5 Å². The van der Waals surface area contributed by atoms with Crippen molar-refractivity contribution < 1.29 is 4.74 Å². The molecule has 2 N–H and O–H groups in total. The molecule has 0 bridgehead atoms. The Morgan fingerprint density at radius 2 is 2.05 bits per heavy atom. The number of aryl methyl sites for hydroxylation is 1. The Balaban J connectivity index is 2.30. The Morgan fingerprint density at radius 3 is 2.75 bits per heavy atom. The van der Waals surface area contributed by atoms with E-state index in [1.807, 2.05) is 30.3 Å². The molecule has 0 heterocycles. The average Bonchev–Trinajstić information content (AvgIpc) is 2.42. The maximum Gasteiger partial charge on any atom is 0.122 e. The highest BCUT2D eigenvalue weighted by atomic mass is 79.9. The predicted molar refractivity (Wildman–Crippen MR) is 87.5 cm³/mol. The quantitative estimate of drug-likeness (QED) is 0.866. The van der Waals surface area contributed by atoms with Crippen LogP contribution in [0, 0.1) is 6.92 Å². The molecule has 0 fully saturated rings. The minimum atomic E-state index is -0.114. The molecule has 2 aromatic rings. The summed E-state index contributed by atoms with van der Waals surface area (Å²) >= 11 is 9.66. The first-order chi connectivity index (χ1) is 9.52. The molecule has 0 aliphatic carbocycles. The zero-order valence-corrected chi connectivity index (χ0v) is 13.8. The second-order valence-electron chi connectivity index (χ2n) is 4.74. The summed E-state index contributed by atoms with van der Waals surface area (Å²) in [4.78, 5) is 0. The second kappa shape index (κ2) is 6.61. The summed E-state index contributed by atoms with van der Waals surface area (Å²) in [6, 6.07) is 11.6. The third-order valence-corrected chi connectivity index (χ3v) is 4.62. The van der Waals surface area contributed by atoms with Gasteiger partial charge < -0.3 is 10.5 Å². The molecule has 2 nitrogen and oxygen atoms in total. The van der Waals surface area contributed by atoms with Gasteiger partial charge in [-0.2, -0.15) is 0 Å². The summed E-state index contributed by atoms with van der Waals surface area (Å²) in [7, 11) is 1.65. The number of hydrogen-bond acceptors (Lipinski definition) is 2. The van der Waals surface area contributed by atoms with Gasteiger partial charge in [0.2, 0.25) is 0 Å². The minimum absolute atomic E-state index is 0.114. The van der Waals surface area contributed by atoms with Gasteiger partial charge in [-0.1, -0.05) is 45.7 Å². The van der Waals surface area contributed by atoms with E-state index in [1.165, 1.54) is 5.56 Å². The first-order valence-corrected chi connectivity index (χ1v) is 7.53. The average molecular weight is 355 g/mol. The van der Waals surface area contributed by atoms with Crippen LogP contribution in [-0.2, 0) is 6.42 Å². The summed E-state index contributed by atoms with van der Waals surface area (Å²) in [5, 5.41) is 0.691. The highest BCUT2D eigenvalue weighted by Crippen LogP contribution is 2.30. The monoisotopic (exact) mass is 353 g/mol. The van der Waals surface area contributed by atoms with E-state index in [-0.39, 0.29) is 6.04 Å². The first kappa shape index (κ1) is 15.4. The molecule has 2 rings (SSSR count). The molecule has 0 spiro atoms. The van der Waals surface area contributed by atoms with Crippen LogP contribution in [-0.4, -0.2) is 7.11 Å². The molecular weight excluding hydrogens is 338 g/mol. The van der Waals surface area contributed by atoms with Crippen LogP contribution in [0.2, 0.25) is 5.02 Å². The van der Waals surface area contributed by atoms with Gasteiger partial charge >= 0.3 is 0 Å². The van der Waals surface area contributed by atoms with Crippen molar-refractivity contribution in [3.63, 3.8) is 0 Å². The van der Waals surface area contributed by atoms with Gasteiger partial charge in [-0.05, 0) is 48.2 Å². The Bertz CT molecular complexity index is 615. The van der Waals surface area contributed by atoms with Crippen molar-refractivity contribution in [2.75, 3.05) is 7.11 Å². The van der Waals surface area contributed by atoms with Gasteiger partial charge in [-0.3, -0.25) is 0 Å². The molecule has 0 aromatic heterocycles. The van der Waals surface area contributed by atoms with Crippen molar-refractivity contribution in [1.29, 1.82) is 0 Å². The fourth-order valence-electron chi connectivity index (χ4n) is 2.21. The summed E-state index contributed by atoms with van der Waals surface area (Å²) < 4.78 is 6.43. The normalized spacial score (nSPS) is 12.2. The lowest BCUT2D eigenvalue weighted by Gasteiger charge is -2.17. The van der Waals surface area contributed by atoms with Crippen LogP contribution in [0.4, 0.5) is 0 Å². The molecule has 0 saturated heterocycles. The third kappa shape index (κ3) is 3.35. The van der Waals surface area contributed by atoms with Crippen LogP contribution < -0.4 is 10.5 Å². The zero-order valence-electron chi connectivity index (χ0n) is 11.5. The van der Waals surface area contributed by atoms with E-state index < -0.39 is 0 Å². The number of nitrogens with two attached hydrogens (primary N) is 1. The Morgan fingerprint density at radius 1 is 1.30 bits per heavy atom. The van der Waals surface area contributed by atoms with E-state index >= 15 is 0 Å². The van der Waals surface area contributed by atoms with Crippen LogP contribution in [0.3, 0.4) is 0 Å². The van der Waals surface area contributed by atoms with Crippen molar-refractivity contribution in [2.24, 2.45) is 5.73 Å². The van der Waals surface area contributed by atoms with Gasteiger partial charge in [0.1, 0.15) is 5.75 Å². The number of hydrogen-bond donors (Lipinski definition) is 1. The Labute approximate surface area is 133 Å². The Kier molecular flexibility index (Phi) is 5.08. The van der Waals surface area contributed by atoms with Crippen molar-refractivity contribution in [3.8, 4) is 5.75 Å². The first-order valence-electron chi connectivity index (χ1n) is 6.36. The van der Waals surface area contributed by atoms with Crippen molar-refractivity contribution >= 4 is 27.5 Å². The van der Waals surface area contributed by atoms with E-state index in [1.54, 1.807) is 7.11 Å². The van der Waals surface area contributed by atoms with Gasteiger partial charge in [-0.15, -0.1) is 0 Å². The predicted octanol–water partition coefficient (Wildman–Crippen LogP) is 4.66. The third-order valence-electron chi connectivity index (χ3n) is 3.30. The van der Waals surface area contributed by atoms with Crippen LogP contribution >= 0.6 is 27.5 Å². The molecule has 0 aliphatic rings. The van der Waals surface area contributed by atoms with Gasteiger partial charge in [0.15, 0.2) is 0 Å². The fraction of sp³-hybridized carbons (Fsp3) is 0.250. The highest BCUT2D eigenvalue weighted by Gasteiger charge is 2.14. The largest absolute Gasteiger partial charge is 0.496 e. The lowest BCUT2D eigenvalue weighted by molar-refractivity contribution is 0.408. The SMILES string of the molecule is COc1ccc(Cl)cc1CC(N)c1cccc(C)c1Br. The number of ether oxygens (including phenoxy) is 1. The standard InChI is InChI=1S/C16H17BrClNO/c1-10-4-3-5-13(16(10)17)14(19)9-11-8-12(18)6-7-15(11)20-2/h3-8,14H,9,19H2,1-2H3. The lowest BCUT2D eigenvalue weighted by Crippen LogP contribution is -2.15. The van der Waals surface area contributed by atoms with Gasteiger partial charge in [-0.25, -0.2) is 0 Å². The molecule has 0 aliphatic heterocycles. The summed E-state index contributed by atoms with van der Waals surface area (Å²) in [6.07, 6.45) is 0.672. The lowest BCUT2D eigenvalue weighted by atomic mass is 9.98. The maximum absolute atomic E-state index is 6.34. The van der Waals surface area contributed by atoms with Crippen molar-refractivity contribution in [3.05, 3.63) is 62.6 Å². The number of benzene rings is 2. The molecule has 4 heteroatoms. The van der Waals surface area contributed by atoms with E-state index in [2.05, 4.69) is 28.9 Å². The number of halogens is 2. The van der Waals surface area contributed by atoms with E-state index in [4.69, 9.17) is 22.1 Å². The van der Waals surface area contributed by atoms with E-state index in [0.29, 0.717) is 11.4 Å². The van der Waals surface area contributed by atoms with E-state index in [0.717, 1.165) is 21.3 Å². The summed E-state index contributed by atoms with van der Waals surface area (Å²) in [6.45, 7) is 2.06. The molecule has 106 valence electrons. The Hall–Kier alpha value is -1.03. The molecule has 1 unspecified atom stereocenters. The summed E-state index contributed by atoms with van der Waals surface area (Å²) in [5.41, 5.74) is 9.62. The summed E-state index contributed by atoms with van der Waals surface area (Å²) in [5.74, 6) is 0.814. The highest BCUT2D eigenvalue weighted by molar-refractivity contribution is 9.10. The minimum Gasteiger partial charge on any atom is -0.496 e. The number of methoxy groups -OCH3 is 1. The van der Waals surface area contributed by atoms with Crippen LogP contribution in [0.1, 0.15) is 22.7 Å². The molecule has 0 saturated carbocycles. The fourth-order valence-corrected chi connectivity index (χ4v) is 2.96.